The summed E-state index contributed by atoms with van der Waals surface area (Å²) in [4.78, 5) is 22.6. The van der Waals surface area contributed by atoms with Crippen molar-refractivity contribution in [3.05, 3.63) is 66.9 Å². The molecule has 7 heteroatoms. The highest BCUT2D eigenvalue weighted by Gasteiger charge is 2.24. The van der Waals surface area contributed by atoms with Crippen molar-refractivity contribution in [2.24, 2.45) is 0 Å². The number of benzene rings is 1. The molecule has 2 aromatic heterocycles. The van der Waals surface area contributed by atoms with Gasteiger partial charge in [-0.1, -0.05) is 12.1 Å². The van der Waals surface area contributed by atoms with Crippen molar-refractivity contribution in [1.82, 2.24) is 19.4 Å². The number of aromatic nitrogens is 3. The zero-order valence-corrected chi connectivity index (χ0v) is 14.3. The fourth-order valence-electron chi connectivity index (χ4n) is 2.82. The summed E-state index contributed by atoms with van der Waals surface area (Å²) >= 11 is 0. The number of nitrogens with zero attached hydrogens (tertiary/aromatic N) is 4. The lowest BCUT2D eigenvalue weighted by atomic mass is 10.2. The second-order valence-electron chi connectivity index (χ2n) is 6.06. The second kappa shape index (κ2) is 6.87. The number of ether oxygens (including phenoxy) is 2. The quantitative estimate of drug-likeness (QED) is 0.721. The van der Waals surface area contributed by atoms with Crippen molar-refractivity contribution in [3.8, 4) is 17.3 Å². The first-order valence-electron chi connectivity index (χ1n) is 8.29. The van der Waals surface area contributed by atoms with Gasteiger partial charge in [-0.2, -0.15) is 0 Å². The number of rotatable bonds is 4. The van der Waals surface area contributed by atoms with Gasteiger partial charge in [0, 0.05) is 25.6 Å². The van der Waals surface area contributed by atoms with Crippen molar-refractivity contribution in [2.75, 3.05) is 20.2 Å². The first kappa shape index (κ1) is 16.1. The molecule has 0 N–H and O–H groups in total. The van der Waals surface area contributed by atoms with E-state index in [1.54, 1.807) is 53.6 Å². The summed E-state index contributed by atoms with van der Waals surface area (Å²) in [7, 11) is 1.75. The van der Waals surface area contributed by atoms with Crippen LogP contribution in [0.15, 0.2) is 61.3 Å². The molecular weight excluding hydrogens is 332 g/mol. The summed E-state index contributed by atoms with van der Waals surface area (Å²) in [5.74, 6) is 2.03. The molecule has 26 heavy (non-hydrogen) atoms. The Balaban J connectivity index is 1.40. The molecular formula is C19H18N4O3. The highest BCUT2D eigenvalue weighted by Crippen LogP contribution is 2.31. The lowest BCUT2D eigenvalue weighted by Gasteiger charge is -2.29. The first-order chi connectivity index (χ1) is 12.7. The molecule has 1 amide bonds. The number of likely N-dealkylation sites (N-methyl/N-ethyl adjacent to an activating group) is 1. The highest BCUT2D eigenvalue weighted by molar-refractivity contribution is 5.93. The number of hydrogen-bond acceptors (Lipinski definition) is 5. The van der Waals surface area contributed by atoms with Gasteiger partial charge in [-0.3, -0.25) is 9.36 Å². The smallest absolute Gasteiger partial charge is 0.255 e. The number of para-hydroxylation sites is 2. The molecule has 3 aromatic rings. The van der Waals surface area contributed by atoms with E-state index in [0.29, 0.717) is 30.3 Å². The summed E-state index contributed by atoms with van der Waals surface area (Å²) < 4.78 is 13.4. The zero-order valence-electron chi connectivity index (χ0n) is 14.3. The summed E-state index contributed by atoms with van der Waals surface area (Å²) in [6.07, 6.45) is 6.50. The van der Waals surface area contributed by atoms with Crippen molar-refractivity contribution in [3.63, 3.8) is 0 Å². The van der Waals surface area contributed by atoms with E-state index in [-0.39, 0.29) is 12.0 Å². The predicted molar refractivity (Wildman–Crippen MR) is 94.7 cm³/mol. The standard InChI is InChI=1S/C19H18N4O3/c1-22(11-15-12-25-16-4-2-3-5-17(16)26-15)19(24)14-6-7-18(21-10-14)23-9-8-20-13-23/h2-10,13,15H,11-12H2,1H3. The van der Waals surface area contributed by atoms with E-state index in [4.69, 9.17) is 9.47 Å². The van der Waals surface area contributed by atoms with Gasteiger partial charge < -0.3 is 14.4 Å². The van der Waals surface area contributed by atoms with Gasteiger partial charge in [-0.15, -0.1) is 0 Å². The van der Waals surface area contributed by atoms with E-state index in [9.17, 15) is 4.79 Å². The Kier molecular flexibility index (Phi) is 4.27. The van der Waals surface area contributed by atoms with Crippen LogP contribution in [0.1, 0.15) is 10.4 Å². The highest BCUT2D eigenvalue weighted by atomic mass is 16.6. The Morgan fingerprint density at radius 3 is 2.85 bits per heavy atom. The van der Waals surface area contributed by atoms with Crippen molar-refractivity contribution in [1.29, 1.82) is 0 Å². The number of imidazole rings is 1. The van der Waals surface area contributed by atoms with E-state index in [2.05, 4.69) is 9.97 Å². The molecule has 0 radical (unpaired) electrons. The Morgan fingerprint density at radius 2 is 2.12 bits per heavy atom. The fourth-order valence-corrected chi connectivity index (χ4v) is 2.82. The van der Waals surface area contributed by atoms with Gasteiger partial charge in [0.15, 0.2) is 17.6 Å². The van der Waals surface area contributed by atoms with Gasteiger partial charge in [-0.05, 0) is 24.3 Å². The maximum Gasteiger partial charge on any atom is 0.255 e. The summed E-state index contributed by atoms with van der Waals surface area (Å²) in [5, 5.41) is 0. The maximum atomic E-state index is 12.6. The van der Waals surface area contributed by atoms with Crippen molar-refractivity contribution >= 4 is 5.91 Å². The Hall–Kier alpha value is -3.35. The SMILES string of the molecule is CN(CC1COc2ccccc2O1)C(=O)c1ccc(-n2ccnc2)nc1. The minimum absolute atomic E-state index is 0.114. The van der Waals surface area contributed by atoms with Crippen LogP contribution in [0, 0.1) is 0 Å². The molecule has 0 saturated heterocycles. The first-order valence-corrected chi connectivity index (χ1v) is 8.29. The molecule has 0 spiro atoms. The topological polar surface area (TPSA) is 69.5 Å². The van der Waals surface area contributed by atoms with E-state index >= 15 is 0 Å². The second-order valence-corrected chi connectivity index (χ2v) is 6.06. The lowest BCUT2D eigenvalue weighted by molar-refractivity contribution is 0.0520. The molecule has 3 heterocycles. The lowest BCUT2D eigenvalue weighted by Crippen LogP contribution is -2.41. The Morgan fingerprint density at radius 1 is 1.27 bits per heavy atom. The molecule has 0 bridgehead atoms. The third-order valence-corrected chi connectivity index (χ3v) is 4.16. The van der Waals surface area contributed by atoms with Crippen LogP contribution < -0.4 is 9.47 Å². The van der Waals surface area contributed by atoms with Gasteiger partial charge in [0.25, 0.3) is 5.91 Å². The number of carbonyl (C=O) groups excluding carboxylic acids is 1. The molecule has 1 aliphatic rings. The molecule has 0 aliphatic carbocycles. The van der Waals surface area contributed by atoms with Crippen LogP contribution in [0.4, 0.5) is 0 Å². The minimum Gasteiger partial charge on any atom is -0.486 e. The van der Waals surface area contributed by atoms with Gasteiger partial charge in [-0.25, -0.2) is 9.97 Å². The molecule has 7 nitrogen and oxygen atoms in total. The third kappa shape index (κ3) is 3.23. The number of hydrogen-bond donors (Lipinski definition) is 0. The number of carbonyl (C=O) groups is 1. The van der Waals surface area contributed by atoms with E-state index < -0.39 is 0 Å². The van der Waals surface area contributed by atoms with Crippen LogP contribution in [-0.2, 0) is 0 Å². The van der Waals surface area contributed by atoms with E-state index in [0.717, 1.165) is 5.75 Å². The fraction of sp³-hybridized carbons (Fsp3) is 0.211. The van der Waals surface area contributed by atoms with E-state index in [1.165, 1.54) is 0 Å². The normalized spacial score (nSPS) is 15.5. The van der Waals surface area contributed by atoms with Gasteiger partial charge >= 0.3 is 0 Å². The summed E-state index contributed by atoms with van der Waals surface area (Å²) in [6.45, 7) is 0.836. The van der Waals surface area contributed by atoms with Crippen LogP contribution in [0.5, 0.6) is 11.5 Å². The zero-order chi connectivity index (χ0) is 17.9. The predicted octanol–water partition coefficient (Wildman–Crippen LogP) is 2.18. The van der Waals surface area contributed by atoms with Gasteiger partial charge in [0.2, 0.25) is 0 Å². The molecule has 1 aromatic carbocycles. The number of amides is 1. The number of fused-ring (bicyclic) bond motifs is 1. The third-order valence-electron chi connectivity index (χ3n) is 4.16. The molecule has 1 unspecified atom stereocenters. The summed E-state index contributed by atoms with van der Waals surface area (Å²) in [5.41, 5.74) is 0.522. The van der Waals surface area contributed by atoms with Crippen LogP contribution in [-0.4, -0.2) is 51.6 Å². The molecule has 4 rings (SSSR count). The molecule has 0 fully saturated rings. The van der Waals surface area contributed by atoms with Crippen LogP contribution >= 0.6 is 0 Å². The molecule has 1 atom stereocenters. The maximum absolute atomic E-state index is 12.6. The minimum atomic E-state index is -0.211. The molecule has 132 valence electrons. The monoisotopic (exact) mass is 350 g/mol. The Labute approximate surface area is 150 Å². The van der Waals surface area contributed by atoms with Crippen LogP contribution in [0.3, 0.4) is 0 Å². The van der Waals surface area contributed by atoms with Crippen LogP contribution in [0.2, 0.25) is 0 Å². The largest absolute Gasteiger partial charge is 0.486 e. The van der Waals surface area contributed by atoms with Crippen molar-refractivity contribution in [2.45, 2.75) is 6.10 Å². The van der Waals surface area contributed by atoms with E-state index in [1.807, 2.05) is 24.3 Å². The Bertz CT molecular complexity index is 893. The van der Waals surface area contributed by atoms with Crippen molar-refractivity contribution < 1.29 is 14.3 Å². The molecule has 1 aliphatic heterocycles. The molecule has 0 saturated carbocycles. The van der Waals surface area contributed by atoms with Gasteiger partial charge in [0.1, 0.15) is 18.8 Å². The van der Waals surface area contributed by atoms with Crippen LogP contribution in [0.25, 0.3) is 5.82 Å². The number of pyridine rings is 1. The average molecular weight is 350 g/mol. The average Bonchev–Trinajstić information content (AvgIpc) is 3.22. The van der Waals surface area contributed by atoms with Gasteiger partial charge in [0.05, 0.1) is 12.1 Å². The summed E-state index contributed by atoms with van der Waals surface area (Å²) in [6, 6.07) is 11.1.